The lowest BCUT2D eigenvalue weighted by Crippen LogP contribution is -2.62. The molecule has 2 aliphatic heterocycles. The van der Waals surface area contributed by atoms with Crippen LogP contribution in [0.2, 0.25) is 0 Å². The zero-order chi connectivity index (χ0) is 22.0. The second-order valence-electron chi connectivity index (χ2n) is 9.64. The van der Waals surface area contributed by atoms with Crippen LogP contribution >= 0.6 is 0 Å². The fraction of sp³-hybridized carbons (Fsp3) is 0.565. The Morgan fingerprint density at radius 3 is 2.55 bits per heavy atom. The van der Waals surface area contributed by atoms with Crippen molar-refractivity contribution in [3.8, 4) is 0 Å². The van der Waals surface area contributed by atoms with E-state index in [4.69, 9.17) is 0 Å². The summed E-state index contributed by atoms with van der Waals surface area (Å²) in [6.45, 7) is 3.82. The predicted molar refractivity (Wildman–Crippen MR) is 117 cm³/mol. The number of likely N-dealkylation sites (tertiary alicyclic amines) is 1. The third-order valence-corrected chi connectivity index (χ3v) is 9.59. The molecule has 7 nitrogen and oxygen atoms in total. The Balaban J connectivity index is 1.67. The molecule has 1 aromatic carbocycles. The number of rotatable bonds is 4. The molecule has 0 N–H and O–H groups in total. The van der Waals surface area contributed by atoms with Gasteiger partial charge in [0.25, 0.3) is 10.0 Å². The molecule has 2 aromatic rings. The van der Waals surface area contributed by atoms with Gasteiger partial charge in [-0.2, -0.15) is 4.31 Å². The molecule has 5 rings (SSSR count). The van der Waals surface area contributed by atoms with Crippen molar-refractivity contribution in [3.05, 3.63) is 48.4 Å². The summed E-state index contributed by atoms with van der Waals surface area (Å²) in [5.74, 6) is 0.0505. The van der Waals surface area contributed by atoms with Crippen LogP contribution in [0.4, 0.5) is 0 Å². The number of benzene rings is 1. The zero-order valence-electron chi connectivity index (χ0n) is 18.3. The number of carbonyl (C=O) groups excluding carboxylic acids is 1. The quantitative estimate of drug-likeness (QED) is 0.729. The third-order valence-electron chi connectivity index (χ3n) is 7.77. The number of hydrogen-bond donors (Lipinski definition) is 0. The van der Waals surface area contributed by atoms with Gasteiger partial charge in [-0.15, -0.1) is 0 Å². The first kappa shape index (κ1) is 20.7. The highest BCUT2D eigenvalue weighted by Crippen LogP contribution is 2.57. The van der Waals surface area contributed by atoms with E-state index < -0.39 is 10.0 Å². The zero-order valence-corrected chi connectivity index (χ0v) is 19.1. The smallest absolute Gasteiger partial charge is 0.262 e. The summed E-state index contributed by atoms with van der Waals surface area (Å²) in [6.07, 6.45) is 7.24. The van der Waals surface area contributed by atoms with Crippen LogP contribution in [0.15, 0.2) is 47.9 Å². The molecule has 8 heteroatoms. The first-order chi connectivity index (χ1) is 14.7. The average molecular weight is 443 g/mol. The van der Waals surface area contributed by atoms with E-state index in [2.05, 4.69) is 11.9 Å². The van der Waals surface area contributed by atoms with Gasteiger partial charge in [0.1, 0.15) is 0 Å². The van der Waals surface area contributed by atoms with Gasteiger partial charge in [-0.1, -0.05) is 37.3 Å². The minimum Gasteiger partial charge on any atom is -0.339 e. The van der Waals surface area contributed by atoms with Crippen LogP contribution in [0.25, 0.3) is 0 Å². The first-order valence-electron chi connectivity index (χ1n) is 11.1. The summed E-state index contributed by atoms with van der Waals surface area (Å²) in [7, 11) is -2.03. The number of amides is 1. The standard InChI is InChI=1S/C23H30N4O3S/c1-16(28)26-19-13-23(2)20(26)10-7-11-21(23)27(18(19)12-17-8-5-4-6-9-17)31(29,30)22-14-25(3)15-24-22/h4-6,8-9,14-15,18-21H,7,10-13H2,1-3H3/t18-,19-,20-,21+,23-/m0/s1. The Kier molecular flexibility index (Phi) is 4.79. The average Bonchev–Trinajstić information content (AvgIpc) is 3.29. The van der Waals surface area contributed by atoms with Gasteiger partial charge in [0.15, 0.2) is 5.03 Å². The molecule has 1 aliphatic carbocycles. The highest BCUT2D eigenvalue weighted by atomic mass is 32.2. The molecule has 31 heavy (non-hydrogen) atoms. The van der Waals surface area contributed by atoms with Crippen molar-refractivity contribution in [2.75, 3.05) is 0 Å². The minimum atomic E-state index is -3.81. The largest absolute Gasteiger partial charge is 0.339 e. The predicted octanol–water partition coefficient (Wildman–Crippen LogP) is 2.58. The van der Waals surface area contributed by atoms with E-state index in [1.165, 1.54) is 6.33 Å². The Hall–Kier alpha value is -2.19. The number of fused-ring (bicyclic) bond motifs is 1. The highest BCUT2D eigenvalue weighted by Gasteiger charge is 2.65. The maximum absolute atomic E-state index is 14.0. The second kappa shape index (κ2) is 7.17. The van der Waals surface area contributed by atoms with Crippen LogP contribution in [0.1, 0.15) is 45.1 Å². The number of nitrogens with zero attached hydrogens (tertiary/aromatic N) is 4. The molecule has 3 aliphatic rings. The van der Waals surface area contributed by atoms with Crippen LogP contribution in [0.5, 0.6) is 0 Å². The van der Waals surface area contributed by atoms with Crippen LogP contribution in [0.3, 0.4) is 0 Å². The van der Waals surface area contributed by atoms with E-state index in [-0.39, 0.29) is 40.5 Å². The number of piperidine rings is 1. The molecular formula is C23H30N4O3S. The maximum atomic E-state index is 14.0. The molecule has 1 saturated carbocycles. The first-order valence-corrected chi connectivity index (χ1v) is 12.5. The number of imidazole rings is 1. The molecule has 3 fully saturated rings. The van der Waals surface area contributed by atoms with Crippen LogP contribution < -0.4 is 0 Å². The van der Waals surface area contributed by atoms with Gasteiger partial charge >= 0.3 is 0 Å². The Morgan fingerprint density at radius 1 is 1.19 bits per heavy atom. The van der Waals surface area contributed by atoms with Crippen molar-refractivity contribution in [1.82, 2.24) is 18.8 Å². The summed E-state index contributed by atoms with van der Waals surface area (Å²) < 4.78 is 31.4. The van der Waals surface area contributed by atoms with Crippen LogP contribution in [0, 0.1) is 5.41 Å². The van der Waals surface area contributed by atoms with Gasteiger partial charge in [-0.25, -0.2) is 13.4 Å². The van der Waals surface area contributed by atoms with Crippen molar-refractivity contribution in [2.45, 2.75) is 75.1 Å². The van der Waals surface area contributed by atoms with Crippen molar-refractivity contribution in [2.24, 2.45) is 12.5 Å². The lowest BCUT2D eigenvalue weighted by Gasteiger charge is -2.51. The van der Waals surface area contributed by atoms with E-state index >= 15 is 0 Å². The fourth-order valence-corrected chi connectivity index (χ4v) is 8.49. The van der Waals surface area contributed by atoms with Gasteiger partial charge in [0.2, 0.25) is 5.91 Å². The van der Waals surface area contributed by atoms with E-state index in [1.807, 2.05) is 35.2 Å². The monoisotopic (exact) mass is 442 g/mol. The van der Waals surface area contributed by atoms with Gasteiger partial charge in [-0.3, -0.25) is 4.79 Å². The number of aryl methyl sites for hydroxylation is 1. The number of sulfonamides is 1. The summed E-state index contributed by atoms with van der Waals surface area (Å²) in [4.78, 5) is 19.0. The number of aromatic nitrogens is 2. The summed E-state index contributed by atoms with van der Waals surface area (Å²) in [5, 5.41) is 0.0921. The van der Waals surface area contributed by atoms with Crippen molar-refractivity contribution < 1.29 is 13.2 Å². The molecule has 0 radical (unpaired) electrons. The fourth-order valence-electron chi connectivity index (χ4n) is 6.55. The molecule has 3 heterocycles. The minimum absolute atomic E-state index is 0.0505. The summed E-state index contributed by atoms with van der Waals surface area (Å²) in [6, 6.07) is 9.54. The molecule has 5 atom stereocenters. The molecule has 0 spiro atoms. The van der Waals surface area contributed by atoms with Crippen molar-refractivity contribution >= 4 is 15.9 Å². The molecule has 2 bridgehead atoms. The topological polar surface area (TPSA) is 75.5 Å². The van der Waals surface area contributed by atoms with E-state index in [0.29, 0.717) is 6.42 Å². The number of carbonyl (C=O) groups is 1. The van der Waals surface area contributed by atoms with Crippen LogP contribution in [-0.4, -0.2) is 57.2 Å². The molecular weight excluding hydrogens is 412 g/mol. The summed E-state index contributed by atoms with van der Waals surface area (Å²) in [5.41, 5.74) is 0.853. The Morgan fingerprint density at radius 2 is 1.90 bits per heavy atom. The van der Waals surface area contributed by atoms with Gasteiger partial charge in [0.05, 0.1) is 12.4 Å². The van der Waals surface area contributed by atoms with E-state index in [1.54, 1.807) is 29.0 Å². The second-order valence-corrected chi connectivity index (χ2v) is 11.4. The summed E-state index contributed by atoms with van der Waals surface area (Å²) >= 11 is 0. The lowest BCUT2D eigenvalue weighted by atomic mass is 9.65. The SMILES string of the molecule is CC(=O)N1[C@H]2CCC[C@H]3N(S(=O)(=O)c4cn(C)cn4)[C@@H](Cc4ccccc4)[C@@H]1C[C@@]23C. The molecule has 2 saturated heterocycles. The van der Waals surface area contributed by atoms with Gasteiger partial charge < -0.3 is 9.47 Å². The van der Waals surface area contributed by atoms with E-state index in [9.17, 15) is 13.2 Å². The Bertz CT molecular complexity index is 1100. The van der Waals surface area contributed by atoms with Gasteiger partial charge in [-0.05, 0) is 37.7 Å². The van der Waals surface area contributed by atoms with E-state index in [0.717, 1.165) is 31.2 Å². The Labute approximate surface area is 184 Å². The highest BCUT2D eigenvalue weighted by molar-refractivity contribution is 7.89. The molecule has 1 amide bonds. The van der Waals surface area contributed by atoms with Gasteiger partial charge in [0, 0.05) is 43.7 Å². The van der Waals surface area contributed by atoms with Crippen LogP contribution in [-0.2, 0) is 28.3 Å². The van der Waals surface area contributed by atoms with Crippen molar-refractivity contribution in [3.63, 3.8) is 0 Å². The van der Waals surface area contributed by atoms with Crippen molar-refractivity contribution in [1.29, 1.82) is 0 Å². The lowest BCUT2D eigenvalue weighted by molar-refractivity contribution is -0.133. The molecule has 0 unspecified atom stereocenters. The normalized spacial score (nSPS) is 32.9. The maximum Gasteiger partial charge on any atom is 0.262 e. The molecule has 166 valence electrons. The molecule has 1 aromatic heterocycles. The number of hydrogen-bond acceptors (Lipinski definition) is 4. The third kappa shape index (κ3) is 3.06.